The Morgan fingerprint density at radius 1 is 0.196 bits per heavy atom. The van der Waals surface area contributed by atoms with Crippen LogP contribution >= 0.6 is 0 Å². The van der Waals surface area contributed by atoms with Crippen LogP contribution < -0.4 is 17.1 Å². The van der Waals surface area contributed by atoms with Crippen LogP contribution in [-0.2, 0) is 19.6 Å². The van der Waals surface area contributed by atoms with Gasteiger partial charge in [-0.15, -0.1) is 0 Å². The van der Waals surface area contributed by atoms with Crippen LogP contribution in [0, 0.1) is 0 Å². The van der Waals surface area contributed by atoms with Crippen LogP contribution in [0.3, 0.4) is 0 Å². The van der Waals surface area contributed by atoms with Crippen molar-refractivity contribution in [3.05, 3.63) is 31.5 Å². The third-order valence-electron chi connectivity index (χ3n) is 22.4. The van der Waals surface area contributed by atoms with Gasteiger partial charge in [-0.25, -0.2) is 28.1 Å². The fourth-order valence-electron chi connectivity index (χ4n) is 15.7. The molecule has 0 aromatic carbocycles. The van der Waals surface area contributed by atoms with E-state index in [4.69, 9.17) is 0 Å². The van der Waals surface area contributed by atoms with Gasteiger partial charge in [0.05, 0.1) is 37.9 Å². The molecule has 0 aliphatic rings. The quantitative estimate of drug-likeness (QED) is 0.0545. The summed E-state index contributed by atoms with van der Waals surface area (Å²) >= 11 is 0. The van der Waals surface area contributed by atoms with Crippen molar-refractivity contribution in [2.75, 3.05) is 58.9 Å². The van der Waals surface area contributed by atoms with Gasteiger partial charge in [-0.3, -0.25) is 0 Å². The highest BCUT2D eigenvalue weighted by Gasteiger charge is 2.25. The number of hydrogen-bond donors (Lipinski definition) is 3. The SMILES string of the molecule is CCCCCCCCCCCCCN(CCCCCCCCCCCCC)CC(O)Cn1c(=O)n(CC(O)CN(CCCCCCCCCCCCC)CCCCCCCCCCCCC)c(=O)n(CC(O)CN(CCCCCCCCCCCCC)CCCCCCCCCCCCC)c1=O. The number of hydrogen-bond acceptors (Lipinski definition) is 9. The highest BCUT2D eigenvalue weighted by Crippen LogP contribution is 2.20. The summed E-state index contributed by atoms with van der Waals surface area (Å²) in [5, 5.41) is 36.6. The maximum absolute atomic E-state index is 15.0. The van der Waals surface area contributed by atoms with Gasteiger partial charge in [0.2, 0.25) is 0 Å². The van der Waals surface area contributed by atoms with E-state index >= 15 is 0 Å². The van der Waals surface area contributed by atoms with E-state index in [0.717, 1.165) is 130 Å². The van der Waals surface area contributed by atoms with Crippen molar-refractivity contribution >= 4 is 0 Å². The molecule has 3 N–H and O–H groups in total. The summed E-state index contributed by atoms with van der Waals surface area (Å²) in [5.74, 6) is 0. The fraction of sp³-hybridized carbons (Fsp3) is 0.967. The normalized spacial score (nSPS) is 12.9. The van der Waals surface area contributed by atoms with Crippen LogP contribution in [0.25, 0.3) is 0 Å². The molecule has 12 nitrogen and oxygen atoms in total. The molecule has 1 aromatic rings. The monoisotopic (exact) mass is 1440 g/mol. The molecule has 0 bridgehead atoms. The Morgan fingerprint density at radius 3 is 0.422 bits per heavy atom. The number of aliphatic hydroxyl groups is 3. The standard InChI is InChI=1S/C90H180N6O6/c1-7-13-19-25-31-37-43-49-55-61-67-73-91(74-68-62-56-50-44-38-32-26-20-14-8-2)79-85(97)82-94-88(100)95(83-86(98)80-92(75-69-63-57-51-45-39-33-27-21-15-9-3)76-70-64-58-52-46-40-34-28-22-16-10-4)90(102)96(89(94)101)84-87(99)81-93(77-71-65-59-53-47-41-35-29-23-17-11-5)78-72-66-60-54-48-42-36-30-24-18-12-6/h85-87,97-99H,7-84H2,1-6H3. The van der Waals surface area contributed by atoms with E-state index in [0.29, 0.717) is 19.6 Å². The largest absolute Gasteiger partial charge is 0.390 e. The van der Waals surface area contributed by atoms with Gasteiger partial charge in [0.25, 0.3) is 0 Å². The van der Waals surface area contributed by atoms with Gasteiger partial charge in [-0.1, -0.05) is 427 Å². The van der Waals surface area contributed by atoms with Crippen molar-refractivity contribution in [1.82, 2.24) is 28.4 Å². The van der Waals surface area contributed by atoms with Gasteiger partial charge < -0.3 is 30.0 Å². The lowest BCUT2D eigenvalue weighted by atomic mass is 10.1. The number of unbranched alkanes of at least 4 members (excludes halogenated alkanes) is 60. The Morgan fingerprint density at radius 2 is 0.304 bits per heavy atom. The average molecular weight is 1440 g/mol. The maximum Gasteiger partial charge on any atom is 0.336 e. The second-order valence-electron chi connectivity index (χ2n) is 32.8. The van der Waals surface area contributed by atoms with Crippen LogP contribution in [0.15, 0.2) is 14.4 Å². The van der Waals surface area contributed by atoms with Gasteiger partial charge in [0.1, 0.15) is 0 Å². The summed E-state index contributed by atoms with van der Waals surface area (Å²) in [6.07, 6.45) is 80.6. The Kier molecular flexibility index (Phi) is 73.1. The summed E-state index contributed by atoms with van der Waals surface area (Å²) < 4.78 is 3.20. The van der Waals surface area contributed by atoms with Crippen LogP contribution in [0.2, 0.25) is 0 Å². The molecule has 0 amide bonds. The molecule has 0 radical (unpaired) electrons. The predicted molar refractivity (Wildman–Crippen MR) is 445 cm³/mol. The van der Waals surface area contributed by atoms with Crippen LogP contribution in [0.4, 0.5) is 0 Å². The minimum absolute atomic E-state index is 0.259. The van der Waals surface area contributed by atoms with Crippen molar-refractivity contribution in [2.45, 2.75) is 503 Å². The third kappa shape index (κ3) is 60.1. The molecular weight excluding hydrogens is 1260 g/mol. The lowest BCUT2D eigenvalue weighted by Gasteiger charge is -2.27. The molecule has 1 rings (SSSR count). The summed E-state index contributed by atoms with van der Waals surface area (Å²) in [5.41, 5.74) is -2.35. The number of nitrogens with zero attached hydrogens (tertiary/aromatic N) is 6. The number of aromatic nitrogens is 3. The van der Waals surface area contributed by atoms with Gasteiger partial charge in [-0.05, 0) is 77.8 Å². The summed E-state index contributed by atoms with van der Waals surface area (Å²) in [6.45, 7) is 19.0. The van der Waals surface area contributed by atoms with Crippen molar-refractivity contribution in [3.63, 3.8) is 0 Å². The first-order valence-corrected chi connectivity index (χ1v) is 46.2. The van der Waals surface area contributed by atoms with E-state index in [-0.39, 0.29) is 19.6 Å². The zero-order valence-corrected chi connectivity index (χ0v) is 69.6. The molecule has 0 aliphatic heterocycles. The highest BCUT2D eigenvalue weighted by molar-refractivity contribution is 4.84. The van der Waals surface area contributed by atoms with E-state index in [1.807, 2.05) is 0 Å². The molecule has 1 aromatic heterocycles. The summed E-state index contributed by atoms with van der Waals surface area (Å²) in [6, 6.07) is 0. The van der Waals surface area contributed by atoms with Gasteiger partial charge in [0, 0.05) is 19.6 Å². The van der Waals surface area contributed by atoms with E-state index in [1.54, 1.807) is 0 Å². The number of rotatable bonds is 84. The van der Waals surface area contributed by atoms with Crippen LogP contribution in [0.5, 0.6) is 0 Å². The smallest absolute Gasteiger partial charge is 0.336 e. The van der Waals surface area contributed by atoms with E-state index in [1.165, 1.54) is 347 Å². The Labute approximate surface area is 634 Å². The van der Waals surface area contributed by atoms with Gasteiger partial charge in [0.15, 0.2) is 0 Å². The molecule has 0 saturated heterocycles. The maximum atomic E-state index is 15.0. The molecule has 0 spiro atoms. The molecule has 0 fully saturated rings. The fourth-order valence-corrected chi connectivity index (χ4v) is 15.7. The highest BCUT2D eigenvalue weighted by atomic mass is 16.3. The number of aliphatic hydroxyl groups excluding tert-OH is 3. The first-order valence-electron chi connectivity index (χ1n) is 46.2. The zero-order chi connectivity index (χ0) is 74.1. The minimum Gasteiger partial charge on any atom is -0.390 e. The van der Waals surface area contributed by atoms with Crippen LogP contribution in [0.1, 0.15) is 465 Å². The Hall–Kier alpha value is -1.83. The second kappa shape index (κ2) is 76.0. The average Bonchev–Trinajstić information content (AvgIpc) is 0.780. The second-order valence-corrected chi connectivity index (χ2v) is 32.8. The van der Waals surface area contributed by atoms with E-state index in [9.17, 15) is 29.7 Å². The molecular formula is C90H180N6O6. The molecule has 3 atom stereocenters. The Balaban J connectivity index is 3.58. The lowest BCUT2D eigenvalue weighted by molar-refractivity contribution is 0.0791. The summed E-state index contributed by atoms with van der Waals surface area (Å²) in [7, 11) is 0. The van der Waals surface area contributed by atoms with Crippen molar-refractivity contribution in [3.8, 4) is 0 Å². The predicted octanol–water partition coefficient (Wildman–Crippen LogP) is 24.0. The van der Waals surface area contributed by atoms with Gasteiger partial charge in [-0.2, -0.15) is 0 Å². The van der Waals surface area contributed by atoms with Crippen molar-refractivity contribution < 1.29 is 15.3 Å². The molecule has 1 heterocycles. The molecule has 12 heteroatoms. The lowest BCUT2D eigenvalue weighted by Crippen LogP contribution is -2.58. The molecule has 102 heavy (non-hydrogen) atoms. The third-order valence-corrected chi connectivity index (χ3v) is 22.4. The zero-order valence-electron chi connectivity index (χ0n) is 69.6. The first kappa shape index (κ1) is 98.2. The van der Waals surface area contributed by atoms with Crippen molar-refractivity contribution in [2.24, 2.45) is 0 Å². The Bertz CT molecular complexity index is 1710. The van der Waals surface area contributed by atoms with E-state index in [2.05, 4.69) is 56.2 Å². The van der Waals surface area contributed by atoms with Gasteiger partial charge >= 0.3 is 17.1 Å². The van der Waals surface area contributed by atoms with Crippen LogP contribution in [-0.4, -0.2) is 121 Å². The molecule has 3 unspecified atom stereocenters. The topological polar surface area (TPSA) is 136 Å². The minimum atomic E-state index is -1.04. The first-order chi connectivity index (χ1) is 50.1. The molecule has 606 valence electrons. The molecule has 0 aliphatic carbocycles. The van der Waals surface area contributed by atoms with Crippen molar-refractivity contribution in [1.29, 1.82) is 0 Å². The van der Waals surface area contributed by atoms with E-state index < -0.39 is 35.4 Å². The summed E-state index contributed by atoms with van der Waals surface area (Å²) in [4.78, 5) is 52.0. The molecule has 0 saturated carbocycles.